The Labute approximate surface area is 199 Å². The van der Waals surface area contributed by atoms with Gasteiger partial charge in [0.05, 0.1) is 23.5 Å². The first-order valence-corrected chi connectivity index (χ1v) is 11.7. The number of amides is 1. The number of aliphatic carboxylic acids is 1. The van der Waals surface area contributed by atoms with Gasteiger partial charge < -0.3 is 15.3 Å². The average molecular weight is 459 g/mol. The van der Waals surface area contributed by atoms with Crippen LogP contribution in [0.4, 0.5) is 5.82 Å². The van der Waals surface area contributed by atoms with Crippen LogP contribution in [0.2, 0.25) is 0 Å². The number of carboxylic acid groups (broad SMARTS) is 1. The maximum absolute atomic E-state index is 11.9. The van der Waals surface area contributed by atoms with E-state index < -0.39 is 5.97 Å². The summed E-state index contributed by atoms with van der Waals surface area (Å²) in [7, 11) is 0. The quantitative estimate of drug-likeness (QED) is 0.526. The smallest absolute Gasteiger partial charge is 0.303 e. The van der Waals surface area contributed by atoms with Crippen molar-refractivity contribution in [2.45, 2.75) is 39.5 Å². The minimum atomic E-state index is -0.969. The van der Waals surface area contributed by atoms with Gasteiger partial charge in [-0.15, -0.1) is 0 Å². The third-order valence-corrected chi connectivity index (χ3v) is 6.01. The van der Waals surface area contributed by atoms with Gasteiger partial charge in [0.2, 0.25) is 5.91 Å². The summed E-state index contributed by atoms with van der Waals surface area (Å²) >= 11 is 0. The fourth-order valence-electron chi connectivity index (χ4n) is 4.11. The van der Waals surface area contributed by atoms with E-state index in [1.165, 1.54) is 11.1 Å². The number of aromatic nitrogens is 2. The van der Waals surface area contributed by atoms with Crippen molar-refractivity contribution in [1.29, 1.82) is 0 Å². The van der Waals surface area contributed by atoms with Crippen LogP contribution in [0.25, 0.3) is 22.5 Å². The number of carbonyl (C=O) groups excluding carboxylic acids is 1. The molecule has 0 aliphatic carbocycles. The van der Waals surface area contributed by atoms with E-state index in [9.17, 15) is 9.59 Å². The minimum absolute atomic E-state index is 0.0107. The van der Waals surface area contributed by atoms with E-state index in [2.05, 4.69) is 72.6 Å². The van der Waals surface area contributed by atoms with Crippen LogP contribution in [0.3, 0.4) is 0 Å². The number of carboxylic acids is 1. The SMILES string of the molecule is Cc1ccc(-c2nc3c(nc2-c2ccc(C)cc2)N(CCNC(=O)CCC(=O)O)CCC3)cc1. The van der Waals surface area contributed by atoms with Gasteiger partial charge in [-0.05, 0) is 26.7 Å². The van der Waals surface area contributed by atoms with E-state index in [1.807, 2.05) is 0 Å². The summed E-state index contributed by atoms with van der Waals surface area (Å²) < 4.78 is 0. The Hall–Kier alpha value is -3.74. The van der Waals surface area contributed by atoms with Gasteiger partial charge in [0.1, 0.15) is 0 Å². The lowest BCUT2D eigenvalue weighted by Crippen LogP contribution is -2.38. The van der Waals surface area contributed by atoms with Crippen molar-refractivity contribution in [2.24, 2.45) is 0 Å². The Morgan fingerprint density at radius 1 is 0.912 bits per heavy atom. The van der Waals surface area contributed by atoms with Crippen LogP contribution in [0, 0.1) is 13.8 Å². The van der Waals surface area contributed by atoms with Gasteiger partial charge in [-0.25, -0.2) is 9.97 Å². The van der Waals surface area contributed by atoms with E-state index in [0.717, 1.165) is 53.4 Å². The molecule has 1 aliphatic heterocycles. The van der Waals surface area contributed by atoms with E-state index in [0.29, 0.717) is 13.1 Å². The van der Waals surface area contributed by atoms with Crippen LogP contribution in [0.15, 0.2) is 48.5 Å². The molecule has 4 rings (SSSR count). The Bertz CT molecular complexity index is 1170. The van der Waals surface area contributed by atoms with Crippen LogP contribution < -0.4 is 10.2 Å². The lowest BCUT2D eigenvalue weighted by molar-refractivity contribution is -0.138. The molecule has 0 saturated heterocycles. The van der Waals surface area contributed by atoms with Crippen molar-refractivity contribution in [2.75, 3.05) is 24.5 Å². The van der Waals surface area contributed by atoms with Crippen molar-refractivity contribution in [3.05, 3.63) is 65.4 Å². The van der Waals surface area contributed by atoms with E-state index in [-0.39, 0.29) is 18.7 Å². The maximum atomic E-state index is 11.9. The molecule has 0 radical (unpaired) electrons. The first-order valence-electron chi connectivity index (χ1n) is 11.7. The summed E-state index contributed by atoms with van der Waals surface area (Å²) in [6, 6.07) is 16.7. The molecule has 1 aliphatic rings. The highest BCUT2D eigenvalue weighted by molar-refractivity contribution is 5.81. The summed E-state index contributed by atoms with van der Waals surface area (Å²) in [5.41, 5.74) is 7.14. The van der Waals surface area contributed by atoms with Crippen molar-refractivity contribution in [1.82, 2.24) is 15.3 Å². The zero-order chi connectivity index (χ0) is 24.1. The Kier molecular flexibility index (Phi) is 7.21. The van der Waals surface area contributed by atoms with E-state index in [4.69, 9.17) is 15.1 Å². The second-order valence-electron chi connectivity index (χ2n) is 8.76. The second-order valence-corrected chi connectivity index (χ2v) is 8.76. The molecule has 1 aromatic heterocycles. The molecule has 0 saturated carbocycles. The first-order chi connectivity index (χ1) is 16.4. The minimum Gasteiger partial charge on any atom is -0.481 e. The highest BCUT2D eigenvalue weighted by atomic mass is 16.4. The molecule has 0 spiro atoms. The van der Waals surface area contributed by atoms with Crippen LogP contribution in [-0.2, 0) is 16.0 Å². The number of fused-ring (bicyclic) bond motifs is 1. The van der Waals surface area contributed by atoms with Crippen LogP contribution in [0.5, 0.6) is 0 Å². The van der Waals surface area contributed by atoms with Crippen LogP contribution in [-0.4, -0.2) is 46.6 Å². The van der Waals surface area contributed by atoms with Crippen LogP contribution in [0.1, 0.15) is 36.1 Å². The van der Waals surface area contributed by atoms with Crippen LogP contribution >= 0.6 is 0 Å². The molecule has 0 bridgehead atoms. The van der Waals surface area contributed by atoms with Gasteiger partial charge in [-0.1, -0.05) is 59.7 Å². The van der Waals surface area contributed by atoms with Crippen molar-refractivity contribution in [3.8, 4) is 22.5 Å². The number of nitrogens with zero attached hydrogens (tertiary/aromatic N) is 3. The summed E-state index contributed by atoms with van der Waals surface area (Å²) in [5, 5.41) is 11.6. The maximum Gasteiger partial charge on any atom is 0.303 e. The molecular formula is C27H30N4O3. The Balaban J connectivity index is 1.63. The normalized spacial score (nSPS) is 12.8. The number of rotatable bonds is 8. The molecule has 2 heterocycles. The van der Waals surface area contributed by atoms with Gasteiger partial charge in [0.15, 0.2) is 5.82 Å². The molecule has 0 fully saturated rings. The van der Waals surface area contributed by atoms with Crippen molar-refractivity contribution < 1.29 is 14.7 Å². The average Bonchev–Trinajstić information content (AvgIpc) is 2.83. The largest absolute Gasteiger partial charge is 0.481 e. The van der Waals surface area contributed by atoms with Gasteiger partial charge in [0, 0.05) is 37.2 Å². The lowest BCUT2D eigenvalue weighted by atomic mass is 10.0. The van der Waals surface area contributed by atoms with Gasteiger partial charge in [-0.3, -0.25) is 9.59 Å². The molecule has 7 nitrogen and oxygen atoms in total. The predicted octanol–water partition coefficient (Wildman–Crippen LogP) is 4.16. The molecule has 0 unspecified atom stereocenters. The van der Waals surface area contributed by atoms with Crippen molar-refractivity contribution >= 4 is 17.7 Å². The third kappa shape index (κ3) is 5.60. The topological polar surface area (TPSA) is 95.4 Å². The third-order valence-electron chi connectivity index (χ3n) is 6.01. The number of hydrogen-bond acceptors (Lipinski definition) is 5. The summed E-state index contributed by atoms with van der Waals surface area (Å²) in [6.45, 7) is 6.00. The standard InChI is InChI=1S/C27H30N4O3/c1-18-5-9-20(10-6-18)25-26(21-11-7-19(2)8-12-21)30-27-22(29-25)4-3-16-31(27)17-15-28-23(32)13-14-24(33)34/h5-12H,3-4,13-17H2,1-2H3,(H,28,32)(H,33,34). The number of aryl methyl sites for hydroxylation is 3. The summed E-state index contributed by atoms with van der Waals surface area (Å²) in [5.74, 6) is -0.360. The van der Waals surface area contributed by atoms with Gasteiger partial charge >= 0.3 is 5.97 Å². The van der Waals surface area contributed by atoms with E-state index >= 15 is 0 Å². The highest BCUT2D eigenvalue weighted by Crippen LogP contribution is 2.34. The van der Waals surface area contributed by atoms with Gasteiger partial charge in [0.25, 0.3) is 0 Å². The lowest BCUT2D eigenvalue weighted by Gasteiger charge is -2.30. The molecule has 1 amide bonds. The Morgan fingerprint density at radius 3 is 2.09 bits per heavy atom. The van der Waals surface area contributed by atoms with E-state index in [1.54, 1.807) is 0 Å². The fraction of sp³-hybridized carbons (Fsp3) is 0.333. The Morgan fingerprint density at radius 2 is 1.50 bits per heavy atom. The number of benzene rings is 2. The predicted molar refractivity (Wildman–Crippen MR) is 133 cm³/mol. The summed E-state index contributed by atoms with van der Waals surface area (Å²) in [6.07, 6.45) is 1.65. The molecule has 176 valence electrons. The van der Waals surface area contributed by atoms with Gasteiger partial charge in [-0.2, -0.15) is 0 Å². The zero-order valence-corrected chi connectivity index (χ0v) is 19.7. The monoisotopic (exact) mass is 458 g/mol. The number of nitrogens with one attached hydrogen (secondary N) is 1. The molecule has 7 heteroatoms. The molecular weight excluding hydrogens is 428 g/mol. The number of anilines is 1. The second kappa shape index (κ2) is 10.5. The first kappa shape index (κ1) is 23.4. The summed E-state index contributed by atoms with van der Waals surface area (Å²) in [4.78, 5) is 35.0. The molecule has 34 heavy (non-hydrogen) atoms. The van der Waals surface area contributed by atoms with Crippen molar-refractivity contribution in [3.63, 3.8) is 0 Å². The zero-order valence-electron chi connectivity index (χ0n) is 19.7. The fourth-order valence-corrected chi connectivity index (χ4v) is 4.11. The molecule has 0 atom stereocenters. The molecule has 2 aromatic carbocycles. The number of carbonyl (C=O) groups is 2. The molecule has 2 N–H and O–H groups in total. The molecule has 3 aromatic rings. The highest BCUT2D eigenvalue weighted by Gasteiger charge is 2.24. The number of hydrogen-bond donors (Lipinski definition) is 2.